The lowest BCUT2D eigenvalue weighted by Crippen LogP contribution is -2.25. The molecule has 5 rings (SSSR count). The van der Waals surface area contributed by atoms with Crippen LogP contribution in [0.2, 0.25) is 0 Å². The van der Waals surface area contributed by atoms with E-state index in [9.17, 15) is 9.59 Å². The zero-order valence-electron chi connectivity index (χ0n) is 17.2. The van der Waals surface area contributed by atoms with Crippen LogP contribution in [0.3, 0.4) is 0 Å². The van der Waals surface area contributed by atoms with Crippen LogP contribution in [0.15, 0.2) is 60.7 Å². The molecule has 31 heavy (non-hydrogen) atoms. The van der Waals surface area contributed by atoms with E-state index in [2.05, 4.69) is 11.4 Å². The number of carbonyl (C=O) groups excluding carboxylic acids is 2. The number of anilines is 1. The first-order valence-corrected chi connectivity index (χ1v) is 10.3. The second-order valence-corrected chi connectivity index (χ2v) is 7.71. The SMILES string of the molecule is CC(=O)N1CCc2cc(-c3ccc(C(=O)NCc4ccc5c(c4)OCO5)cc3)ccc21. The van der Waals surface area contributed by atoms with Crippen LogP contribution in [0.1, 0.15) is 28.4 Å². The average Bonchev–Trinajstić information content (AvgIpc) is 3.43. The lowest BCUT2D eigenvalue weighted by molar-refractivity contribution is -0.116. The number of rotatable bonds is 4. The largest absolute Gasteiger partial charge is 0.454 e. The molecule has 0 unspecified atom stereocenters. The number of nitrogens with one attached hydrogen (secondary N) is 1. The predicted octanol–water partition coefficient (Wildman–Crippen LogP) is 3.92. The maximum Gasteiger partial charge on any atom is 0.251 e. The zero-order valence-corrected chi connectivity index (χ0v) is 17.2. The summed E-state index contributed by atoms with van der Waals surface area (Å²) in [7, 11) is 0. The standard InChI is InChI=1S/C25H22N2O4/c1-16(28)27-11-10-21-13-20(7-8-22(21)27)18-3-5-19(6-4-18)25(29)26-14-17-2-9-23-24(12-17)31-15-30-23/h2-9,12-13H,10-11,14-15H2,1H3,(H,26,29). The first-order valence-electron chi connectivity index (χ1n) is 10.3. The Kier molecular flexibility index (Phi) is 4.82. The minimum absolute atomic E-state index is 0.0719. The number of hydrogen-bond donors (Lipinski definition) is 1. The van der Waals surface area contributed by atoms with Gasteiger partial charge in [0, 0.05) is 31.3 Å². The second kappa shape index (κ2) is 7.80. The van der Waals surface area contributed by atoms with Crippen LogP contribution < -0.4 is 19.7 Å². The van der Waals surface area contributed by atoms with Gasteiger partial charge in [0.25, 0.3) is 5.91 Å². The Morgan fingerprint density at radius 1 is 0.935 bits per heavy atom. The summed E-state index contributed by atoms with van der Waals surface area (Å²) >= 11 is 0. The topological polar surface area (TPSA) is 67.9 Å². The van der Waals surface area contributed by atoms with Gasteiger partial charge in [0.05, 0.1) is 0 Å². The molecule has 3 aromatic rings. The van der Waals surface area contributed by atoms with Crippen molar-refractivity contribution < 1.29 is 19.1 Å². The van der Waals surface area contributed by atoms with E-state index in [1.54, 1.807) is 6.92 Å². The molecule has 2 aliphatic rings. The quantitative estimate of drug-likeness (QED) is 0.703. The van der Waals surface area contributed by atoms with E-state index in [0.29, 0.717) is 17.9 Å². The monoisotopic (exact) mass is 414 g/mol. The summed E-state index contributed by atoms with van der Waals surface area (Å²) in [5.41, 5.74) is 5.85. The molecule has 0 aromatic heterocycles. The van der Waals surface area contributed by atoms with Crippen LogP contribution in [0.25, 0.3) is 11.1 Å². The van der Waals surface area contributed by atoms with Gasteiger partial charge in [-0.25, -0.2) is 0 Å². The summed E-state index contributed by atoms with van der Waals surface area (Å²) < 4.78 is 10.7. The van der Waals surface area contributed by atoms with Gasteiger partial charge < -0.3 is 19.7 Å². The Morgan fingerprint density at radius 2 is 1.71 bits per heavy atom. The van der Waals surface area contributed by atoms with Crippen LogP contribution in [0.5, 0.6) is 11.5 Å². The van der Waals surface area contributed by atoms with Crippen molar-refractivity contribution in [1.82, 2.24) is 5.32 Å². The van der Waals surface area contributed by atoms with Gasteiger partial charge in [-0.1, -0.05) is 24.3 Å². The number of benzene rings is 3. The molecule has 0 fully saturated rings. The summed E-state index contributed by atoms with van der Waals surface area (Å²) in [6.07, 6.45) is 0.864. The molecule has 6 heteroatoms. The van der Waals surface area contributed by atoms with Crippen molar-refractivity contribution in [2.75, 3.05) is 18.2 Å². The van der Waals surface area contributed by atoms with E-state index < -0.39 is 0 Å². The van der Waals surface area contributed by atoms with Crippen molar-refractivity contribution in [3.05, 3.63) is 77.4 Å². The molecule has 6 nitrogen and oxygen atoms in total. The van der Waals surface area contributed by atoms with Gasteiger partial charge in [0.1, 0.15) is 0 Å². The molecular weight excluding hydrogens is 392 g/mol. The third-order valence-electron chi connectivity index (χ3n) is 5.73. The number of carbonyl (C=O) groups is 2. The normalized spacial score (nSPS) is 13.8. The molecule has 2 aliphatic heterocycles. The maximum absolute atomic E-state index is 12.5. The molecule has 0 atom stereocenters. The lowest BCUT2D eigenvalue weighted by atomic mass is 10.0. The maximum atomic E-state index is 12.5. The Bertz CT molecular complexity index is 1170. The Morgan fingerprint density at radius 3 is 2.52 bits per heavy atom. The Hall–Kier alpha value is -3.80. The molecule has 0 saturated carbocycles. The van der Waals surface area contributed by atoms with Crippen molar-refractivity contribution in [2.45, 2.75) is 19.9 Å². The van der Waals surface area contributed by atoms with Gasteiger partial charge in [-0.2, -0.15) is 0 Å². The van der Waals surface area contributed by atoms with Gasteiger partial charge in [-0.15, -0.1) is 0 Å². The Labute approximate surface area is 180 Å². The van der Waals surface area contributed by atoms with Crippen LogP contribution in [-0.4, -0.2) is 25.2 Å². The van der Waals surface area contributed by atoms with Crippen LogP contribution in [0, 0.1) is 0 Å². The molecule has 0 radical (unpaired) electrons. The van der Waals surface area contributed by atoms with Crippen molar-refractivity contribution in [1.29, 1.82) is 0 Å². The van der Waals surface area contributed by atoms with Gasteiger partial charge in [-0.05, 0) is 65.1 Å². The highest BCUT2D eigenvalue weighted by atomic mass is 16.7. The molecule has 3 aromatic carbocycles. The molecular formula is C25H22N2O4. The molecule has 0 spiro atoms. The highest BCUT2D eigenvalue weighted by molar-refractivity contribution is 5.95. The van der Waals surface area contributed by atoms with Crippen molar-refractivity contribution in [3.8, 4) is 22.6 Å². The minimum atomic E-state index is -0.129. The minimum Gasteiger partial charge on any atom is -0.454 e. The highest BCUT2D eigenvalue weighted by Crippen LogP contribution is 2.33. The molecule has 1 N–H and O–H groups in total. The van der Waals surface area contributed by atoms with Gasteiger partial charge >= 0.3 is 0 Å². The summed E-state index contributed by atoms with van der Waals surface area (Å²) in [4.78, 5) is 26.1. The number of fused-ring (bicyclic) bond motifs is 2. The first-order chi connectivity index (χ1) is 15.1. The molecule has 2 heterocycles. The Balaban J connectivity index is 1.26. The number of ether oxygens (including phenoxy) is 2. The third-order valence-corrected chi connectivity index (χ3v) is 5.73. The van der Waals surface area contributed by atoms with Crippen molar-refractivity contribution >= 4 is 17.5 Å². The summed E-state index contributed by atoms with van der Waals surface area (Å²) in [6.45, 7) is 2.97. The van der Waals surface area contributed by atoms with E-state index in [0.717, 1.165) is 41.1 Å². The van der Waals surface area contributed by atoms with Gasteiger partial charge in [0.15, 0.2) is 11.5 Å². The fraction of sp³-hybridized carbons (Fsp3) is 0.200. The number of nitrogens with zero attached hydrogens (tertiary/aromatic N) is 1. The summed E-state index contributed by atoms with van der Waals surface area (Å²) in [5.74, 6) is 1.38. The van der Waals surface area contributed by atoms with Gasteiger partial charge in [-0.3, -0.25) is 9.59 Å². The zero-order chi connectivity index (χ0) is 21.4. The van der Waals surface area contributed by atoms with E-state index in [1.807, 2.05) is 59.5 Å². The van der Waals surface area contributed by atoms with E-state index in [-0.39, 0.29) is 18.6 Å². The highest BCUT2D eigenvalue weighted by Gasteiger charge is 2.22. The molecule has 0 saturated heterocycles. The molecule has 0 bridgehead atoms. The summed E-state index contributed by atoms with van der Waals surface area (Å²) in [6, 6.07) is 19.4. The predicted molar refractivity (Wildman–Crippen MR) is 117 cm³/mol. The third kappa shape index (κ3) is 3.72. The van der Waals surface area contributed by atoms with E-state index in [4.69, 9.17) is 9.47 Å². The summed E-state index contributed by atoms with van der Waals surface area (Å²) in [5, 5.41) is 2.94. The number of hydrogen-bond acceptors (Lipinski definition) is 4. The molecule has 0 aliphatic carbocycles. The van der Waals surface area contributed by atoms with E-state index >= 15 is 0 Å². The van der Waals surface area contributed by atoms with Crippen LogP contribution >= 0.6 is 0 Å². The van der Waals surface area contributed by atoms with E-state index in [1.165, 1.54) is 5.56 Å². The van der Waals surface area contributed by atoms with Crippen LogP contribution in [-0.2, 0) is 17.8 Å². The van der Waals surface area contributed by atoms with Crippen LogP contribution in [0.4, 0.5) is 5.69 Å². The number of amides is 2. The van der Waals surface area contributed by atoms with Gasteiger partial charge in [0.2, 0.25) is 12.7 Å². The second-order valence-electron chi connectivity index (χ2n) is 7.71. The lowest BCUT2D eigenvalue weighted by Gasteiger charge is -2.15. The average molecular weight is 414 g/mol. The molecule has 156 valence electrons. The smallest absolute Gasteiger partial charge is 0.251 e. The fourth-order valence-electron chi connectivity index (χ4n) is 4.06. The van der Waals surface area contributed by atoms with Crippen molar-refractivity contribution in [3.63, 3.8) is 0 Å². The first kappa shape index (κ1) is 19.2. The van der Waals surface area contributed by atoms with Crippen molar-refractivity contribution in [2.24, 2.45) is 0 Å². The molecule has 2 amide bonds. The fourth-order valence-corrected chi connectivity index (χ4v) is 4.06.